The number of aromatic nitrogens is 2. The second-order valence-corrected chi connectivity index (χ2v) is 6.50. The first-order valence-corrected chi connectivity index (χ1v) is 8.65. The van der Waals surface area contributed by atoms with Gasteiger partial charge in [-0.25, -0.2) is 4.79 Å². The van der Waals surface area contributed by atoms with Crippen LogP contribution in [0.2, 0.25) is 15.1 Å². The molecule has 1 amide bonds. The SMILES string of the molecule is O=C(COC(=O)c1c(Cl)ccc(Cl)c1Cl)Nc1cccc2nsnc12. The number of carbonyl (C=O) groups excluding carboxylic acids is 2. The molecule has 3 rings (SSSR count). The van der Waals surface area contributed by atoms with Crippen LogP contribution in [0.5, 0.6) is 0 Å². The average molecular weight is 417 g/mol. The van der Waals surface area contributed by atoms with Crippen molar-refractivity contribution in [2.24, 2.45) is 0 Å². The molecule has 0 bridgehead atoms. The molecule has 0 aliphatic rings. The topological polar surface area (TPSA) is 81.2 Å². The van der Waals surface area contributed by atoms with Gasteiger partial charge in [-0.1, -0.05) is 40.9 Å². The number of halogens is 3. The molecule has 0 radical (unpaired) electrons. The molecule has 2 aromatic carbocycles. The summed E-state index contributed by atoms with van der Waals surface area (Å²) < 4.78 is 13.1. The van der Waals surface area contributed by atoms with Gasteiger partial charge in [0.1, 0.15) is 11.0 Å². The molecule has 0 unspecified atom stereocenters. The molecule has 3 aromatic rings. The third-order valence-electron chi connectivity index (χ3n) is 3.14. The predicted molar refractivity (Wildman–Crippen MR) is 97.8 cm³/mol. The van der Waals surface area contributed by atoms with Gasteiger partial charge < -0.3 is 10.1 Å². The lowest BCUT2D eigenvalue weighted by atomic mass is 10.2. The van der Waals surface area contributed by atoms with Crippen molar-refractivity contribution in [1.29, 1.82) is 0 Å². The van der Waals surface area contributed by atoms with Crippen molar-refractivity contribution in [3.63, 3.8) is 0 Å². The maximum absolute atomic E-state index is 12.1. The van der Waals surface area contributed by atoms with E-state index in [1.165, 1.54) is 12.1 Å². The minimum atomic E-state index is -0.846. The molecule has 0 aliphatic carbocycles. The molecule has 25 heavy (non-hydrogen) atoms. The van der Waals surface area contributed by atoms with Crippen LogP contribution in [0.15, 0.2) is 30.3 Å². The van der Waals surface area contributed by atoms with E-state index < -0.39 is 18.5 Å². The molecule has 1 heterocycles. The standard InChI is InChI=1S/C15H8Cl3N3O3S/c16-7-4-5-8(17)13(18)12(7)15(23)24-6-11(22)19-9-2-1-3-10-14(9)21-25-20-10/h1-5H,6H2,(H,19,22). The molecule has 0 spiro atoms. The number of hydrogen-bond acceptors (Lipinski definition) is 6. The number of amides is 1. The molecular weight excluding hydrogens is 409 g/mol. The normalized spacial score (nSPS) is 10.7. The monoisotopic (exact) mass is 415 g/mol. The number of hydrogen-bond donors (Lipinski definition) is 1. The summed E-state index contributed by atoms with van der Waals surface area (Å²) in [6, 6.07) is 8.06. The van der Waals surface area contributed by atoms with Gasteiger partial charge in [0.2, 0.25) is 0 Å². The van der Waals surface area contributed by atoms with Gasteiger partial charge in [0.15, 0.2) is 6.61 Å². The van der Waals surface area contributed by atoms with Crippen LogP contribution >= 0.6 is 46.5 Å². The van der Waals surface area contributed by atoms with Crippen LogP contribution in [0.3, 0.4) is 0 Å². The van der Waals surface area contributed by atoms with E-state index in [2.05, 4.69) is 14.1 Å². The Morgan fingerprint density at radius 2 is 1.84 bits per heavy atom. The van der Waals surface area contributed by atoms with Crippen LogP contribution in [-0.2, 0) is 9.53 Å². The van der Waals surface area contributed by atoms with E-state index in [4.69, 9.17) is 39.5 Å². The lowest BCUT2D eigenvalue weighted by Gasteiger charge is -2.09. The second kappa shape index (κ2) is 7.53. The Morgan fingerprint density at radius 3 is 2.64 bits per heavy atom. The smallest absolute Gasteiger partial charge is 0.341 e. The fourth-order valence-corrected chi connectivity index (χ4v) is 3.24. The summed E-state index contributed by atoms with van der Waals surface area (Å²) in [5, 5.41) is 2.82. The summed E-state index contributed by atoms with van der Waals surface area (Å²) in [4.78, 5) is 24.1. The molecule has 128 valence electrons. The third kappa shape index (κ3) is 3.85. The van der Waals surface area contributed by atoms with Gasteiger partial charge in [-0.2, -0.15) is 8.75 Å². The second-order valence-electron chi connectivity index (χ2n) is 4.78. The van der Waals surface area contributed by atoms with Gasteiger partial charge in [-0.3, -0.25) is 4.79 Å². The lowest BCUT2D eigenvalue weighted by molar-refractivity contribution is -0.119. The van der Waals surface area contributed by atoms with Crippen LogP contribution in [-0.4, -0.2) is 27.2 Å². The fourth-order valence-electron chi connectivity index (χ4n) is 2.01. The molecule has 0 saturated heterocycles. The van der Waals surface area contributed by atoms with E-state index in [0.29, 0.717) is 16.7 Å². The van der Waals surface area contributed by atoms with Crippen molar-refractivity contribution in [2.45, 2.75) is 0 Å². The van der Waals surface area contributed by atoms with Gasteiger partial charge >= 0.3 is 5.97 Å². The van der Waals surface area contributed by atoms with Crippen LogP contribution in [0.25, 0.3) is 11.0 Å². The van der Waals surface area contributed by atoms with E-state index in [9.17, 15) is 9.59 Å². The van der Waals surface area contributed by atoms with E-state index in [-0.39, 0.29) is 20.6 Å². The van der Waals surface area contributed by atoms with E-state index in [1.807, 2.05) is 0 Å². The number of rotatable bonds is 4. The first-order chi connectivity index (χ1) is 12.0. The Bertz CT molecular complexity index is 977. The number of ether oxygens (including phenoxy) is 1. The first-order valence-electron chi connectivity index (χ1n) is 6.79. The summed E-state index contributed by atoms with van der Waals surface area (Å²) in [5.41, 5.74) is 1.62. The largest absolute Gasteiger partial charge is 0.452 e. The average Bonchev–Trinajstić information content (AvgIpc) is 3.06. The van der Waals surface area contributed by atoms with Gasteiger partial charge in [0.05, 0.1) is 38.0 Å². The number of anilines is 1. The molecule has 0 fully saturated rings. The fraction of sp³-hybridized carbons (Fsp3) is 0.0667. The van der Waals surface area contributed by atoms with E-state index in [1.54, 1.807) is 18.2 Å². The quantitative estimate of drug-likeness (QED) is 0.502. The zero-order chi connectivity index (χ0) is 18.0. The molecular formula is C15H8Cl3N3O3S. The van der Waals surface area contributed by atoms with Gasteiger partial charge in [0, 0.05) is 0 Å². The molecule has 1 aromatic heterocycles. The maximum Gasteiger partial charge on any atom is 0.341 e. The summed E-state index contributed by atoms with van der Waals surface area (Å²) in [6.45, 7) is -0.522. The Hall–Kier alpha value is -1.93. The van der Waals surface area contributed by atoms with Crippen molar-refractivity contribution in [1.82, 2.24) is 8.75 Å². The van der Waals surface area contributed by atoms with Crippen molar-refractivity contribution < 1.29 is 14.3 Å². The van der Waals surface area contributed by atoms with Crippen LogP contribution in [0.1, 0.15) is 10.4 Å². The summed E-state index contributed by atoms with van der Waals surface area (Å²) in [7, 11) is 0. The highest BCUT2D eigenvalue weighted by atomic mass is 35.5. The molecule has 10 heteroatoms. The van der Waals surface area contributed by atoms with Crippen LogP contribution < -0.4 is 5.32 Å². The zero-order valence-corrected chi connectivity index (χ0v) is 15.3. The number of nitrogens with zero attached hydrogens (tertiary/aromatic N) is 2. The number of nitrogens with one attached hydrogen (secondary N) is 1. The van der Waals surface area contributed by atoms with Crippen molar-refractivity contribution in [2.75, 3.05) is 11.9 Å². The van der Waals surface area contributed by atoms with Gasteiger partial charge in [-0.05, 0) is 24.3 Å². The van der Waals surface area contributed by atoms with E-state index in [0.717, 1.165) is 11.7 Å². The Balaban J connectivity index is 1.68. The summed E-state index contributed by atoms with van der Waals surface area (Å²) in [6.07, 6.45) is 0. The number of esters is 1. The summed E-state index contributed by atoms with van der Waals surface area (Å²) in [5.74, 6) is -1.38. The maximum atomic E-state index is 12.1. The number of carbonyl (C=O) groups is 2. The first kappa shape index (κ1) is 17.9. The van der Waals surface area contributed by atoms with Crippen molar-refractivity contribution in [3.05, 3.63) is 51.0 Å². The minimum absolute atomic E-state index is 0.0297. The van der Waals surface area contributed by atoms with E-state index >= 15 is 0 Å². The highest BCUT2D eigenvalue weighted by Crippen LogP contribution is 2.31. The van der Waals surface area contributed by atoms with Crippen LogP contribution in [0, 0.1) is 0 Å². The Labute approximate surface area is 161 Å². The summed E-state index contributed by atoms with van der Waals surface area (Å²) >= 11 is 18.8. The van der Waals surface area contributed by atoms with Crippen molar-refractivity contribution in [3.8, 4) is 0 Å². The Kier molecular flexibility index (Phi) is 5.39. The highest BCUT2D eigenvalue weighted by molar-refractivity contribution is 7.00. The third-order valence-corrected chi connectivity index (χ3v) is 4.80. The Morgan fingerprint density at radius 1 is 1.08 bits per heavy atom. The molecule has 0 atom stereocenters. The number of fused-ring (bicyclic) bond motifs is 1. The zero-order valence-electron chi connectivity index (χ0n) is 12.3. The van der Waals surface area contributed by atoms with Gasteiger partial charge in [-0.15, -0.1) is 0 Å². The van der Waals surface area contributed by atoms with Crippen molar-refractivity contribution >= 4 is 75.1 Å². The number of benzene rings is 2. The van der Waals surface area contributed by atoms with Crippen LogP contribution in [0.4, 0.5) is 5.69 Å². The minimum Gasteiger partial charge on any atom is -0.452 e. The molecule has 6 nitrogen and oxygen atoms in total. The van der Waals surface area contributed by atoms with Gasteiger partial charge in [0.25, 0.3) is 5.91 Å². The molecule has 0 aliphatic heterocycles. The predicted octanol–water partition coefficient (Wildman–Crippen LogP) is 4.45. The highest BCUT2D eigenvalue weighted by Gasteiger charge is 2.20. The lowest BCUT2D eigenvalue weighted by Crippen LogP contribution is -2.21. The molecule has 1 N–H and O–H groups in total. The molecule has 0 saturated carbocycles.